The van der Waals surface area contributed by atoms with Crippen LogP contribution in [-0.2, 0) is 0 Å². The molecule has 0 radical (unpaired) electrons. The molecule has 0 aliphatic carbocycles. The molecular weight excluding hydrogens is 188 g/mol. The highest BCUT2D eigenvalue weighted by atomic mass is 16.1. The fourth-order valence-corrected chi connectivity index (χ4v) is 2.14. The van der Waals surface area contributed by atoms with Crippen molar-refractivity contribution in [3.05, 3.63) is 35.4 Å². The Bertz CT molecular complexity index is 356. The molecule has 0 aromatic heterocycles. The minimum absolute atomic E-state index is 0.294. The van der Waals surface area contributed by atoms with Crippen LogP contribution < -0.4 is 11.1 Å². The number of hydrogen-bond donors (Lipinski definition) is 2. The van der Waals surface area contributed by atoms with Crippen molar-refractivity contribution in [2.75, 3.05) is 6.54 Å². The van der Waals surface area contributed by atoms with Gasteiger partial charge in [-0.25, -0.2) is 0 Å². The molecule has 0 spiro atoms. The molecular formula is C12H16N2O. The molecule has 1 fully saturated rings. The van der Waals surface area contributed by atoms with Gasteiger partial charge in [-0.15, -0.1) is 0 Å². The first-order valence-electron chi connectivity index (χ1n) is 5.41. The average molecular weight is 204 g/mol. The first-order valence-corrected chi connectivity index (χ1v) is 5.41. The molecule has 1 aliphatic rings. The zero-order valence-corrected chi connectivity index (χ0v) is 8.70. The highest BCUT2D eigenvalue weighted by Gasteiger charge is 2.18. The van der Waals surface area contributed by atoms with Crippen molar-refractivity contribution in [3.63, 3.8) is 0 Å². The zero-order valence-electron chi connectivity index (χ0n) is 8.70. The van der Waals surface area contributed by atoms with Gasteiger partial charge in [-0.2, -0.15) is 0 Å². The molecule has 0 bridgehead atoms. The number of amides is 1. The van der Waals surface area contributed by atoms with Gasteiger partial charge in [0, 0.05) is 11.6 Å². The van der Waals surface area contributed by atoms with Gasteiger partial charge in [0.15, 0.2) is 0 Å². The van der Waals surface area contributed by atoms with Gasteiger partial charge in [-0.05, 0) is 31.0 Å². The highest BCUT2D eigenvalue weighted by Crippen LogP contribution is 2.25. The zero-order chi connectivity index (χ0) is 10.7. The predicted octanol–water partition coefficient (Wildman–Crippen LogP) is 1.60. The molecule has 1 aromatic carbocycles. The second-order valence-electron chi connectivity index (χ2n) is 3.95. The third-order valence-electron chi connectivity index (χ3n) is 2.91. The summed E-state index contributed by atoms with van der Waals surface area (Å²) < 4.78 is 0. The summed E-state index contributed by atoms with van der Waals surface area (Å²) in [5.41, 5.74) is 7.05. The molecule has 1 atom stereocenters. The number of hydrogen-bond acceptors (Lipinski definition) is 2. The second kappa shape index (κ2) is 4.45. The van der Waals surface area contributed by atoms with E-state index in [0.29, 0.717) is 11.6 Å². The van der Waals surface area contributed by atoms with Crippen LogP contribution in [0.3, 0.4) is 0 Å². The van der Waals surface area contributed by atoms with E-state index in [1.54, 1.807) is 6.07 Å². The maximum atomic E-state index is 11.3. The van der Waals surface area contributed by atoms with Gasteiger partial charge in [-0.3, -0.25) is 4.79 Å². The van der Waals surface area contributed by atoms with Gasteiger partial charge in [-0.1, -0.05) is 24.6 Å². The molecule has 3 N–H and O–H groups in total. The lowest BCUT2D eigenvalue weighted by Gasteiger charge is -2.25. The monoisotopic (exact) mass is 204 g/mol. The van der Waals surface area contributed by atoms with E-state index in [0.717, 1.165) is 18.5 Å². The van der Waals surface area contributed by atoms with Crippen molar-refractivity contribution in [3.8, 4) is 0 Å². The van der Waals surface area contributed by atoms with Crippen LogP contribution in [-0.4, -0.2) is 12.5 Å². The lowest BCUT2D eigenvalue weighted by atomic mass is 9.93. The van der Waals surface area contributed by atoms with Crippen molar-refractivity contribution in [2.45, 2.75) is 25.3 Å². The number of carbonyl (C=O) groups excluding carboxylic acids is 1. The molecule has 0 saturated carbocycles. The molecule has 1 unspecified atom stereocenters. The van der Waals surface area contributed by atoms with E-state index in [4.69, 9.17) is 5.73 Å². The van der Waals surface area contributed by atoms with Crippen LogP contribution in [0.4, 0.5) is 0 Å². The number of nitrogens with one attached hydrogen (secondary N) is 1. The lowest BCUT2D eigenvalue weighted by molar-refractivity contribution is 0.0998. The molecule has 3 heteroatoms. The molecule has 3 nitrogen and oxygen atoms in total. The Morgan fingerprint density at radius 3 is 2.80 bits per heavy atom. The Kier molecular flexibility index (Phi) is 3.02. The summed E-state index contributed by atoms with van der Waals surface area (Å²) >= 11 is 0. The minimum Gasteiger partial charge on any atom is -0.366 e. The van der Waals surface area contributed by atoms with Gasteiger partial charge < -0.3 is 11.1 Å². The Morgan fingerprint density at radius 1 is 1.33 bits per heavy atom. The number of nitrogens with two attached hydrogens (primary N) is 1. The van der Waals surface area contributed by atoms with Crippen molar-refractivity contribution < 1.29 is 4.79 Å². The van der Waals surface area contributed by atoms with E-state index in [2.05, 4.69) is 5.32 Å². The summed E-state index contributed by atoms with van der Waals surface area (Å²) in [5, 5.41) is 3.42. The quantitative estimate of drug-likeness (QED) is 0.768. The van der Waals surface area contributed by atoms with Crippen molar-refractivity contribution in [1.29, 1.82) is 0 Å². The smallest absolute Gasteiger partial charge is 0.249 e. The van der Waals surface area contributed by atoms with Crippen LogP contribution in [0.25, 0.3) is 0 Å². The van der Waals surface area contributed by atoms with Gasteiger partial charge in [0.25, 0.3) is 0 Å². The molecule has 2 rings (SSSR count). The van der Waals surface area contributed by atoms with E-state index < -0.39 is 0 Å². The topological polar surface area (TPSA) is 55.1 Å². The summed E-state index contributed by atoms with van der Waals surface area (Å²) in [5.74, 6) is -0.335. The lowest BCUT2D eigenvalue weighted by Crippen LogP contribution is -2.29. The largest absolute Gasteiger partial charge is 0.366 e. The van der Waals surface area contributed by atoms with E-state index in [9.17, 15) is 4.79 Å². The number of piperidine rings is 1. The van der Waals surface area contributed by atoms with Crippen LogP contribution >= 0.6 is 0 Å². The molecule has 1 aliphatic heterocycles. The number of rotatable bonds is 2. The fraction of sp³-hybridized carbons (Fsp3) is 0.417. The molecule has 80 valence electrons. The summed E-state index contributed by atoms with van der Waals surface area (Å²) in [6.45, 7) is 1.03. The molecule has 15 heavy (non-hydrogen) atoms. The van der Waals surface area contributed by atoms with E-state index >= 15 is 0 Å². The van der Waals surface area contributed by atoms with E-state index in [-0.39, 0.29) is 5.91 Å². The number of benzene rings is 1. The molecule has 1 aromatic rings. The summed E-state index contributed by atoms with van der Waals surface area (Å²) in [4.78, 5) is 11.3. The minimum atomic E-state index is -0.335. The molecule has 1 heterocycles. The van der Waals surface area contributed by atoms with Gasteiger partial charge >= 0.3 is 0 Å². The molecule has 1 amide bonds. The standard InChI is InChI=1S/C12H16N2O/c13-12(15)10-6-2-1-5-9(10)11-7-3-4-8-14-11/h1-2,5-6,11,14H,3-4,7-8H2,(H2,13,15). The SMILES string of the molecule is NC(=O)c1ccccc1C1CCCCN1. The van der Waals surface area contributed by atoms with Crippen molar-refractivity contribution >= 4 is 5.91 Å². The van der Waals surface area contributed by atoms with Crippen LogP contribution in [0.5, 0.6) is 0 Å². The third kappa shape index (κ3) is 2.18. The first-order chi connectivity index (χ1) is 7.29. The Morgan fingerprint density at radius 2 is 2.13 bits per heavy atom. The van der Waals surface area contributed by atoms with Gasteiger partial charge in [0.2, 0.25) is 5.91 Å². The maximum absolute atomic E-state index is 11.3. The van der Waals surface area contributed by atoms with Crippen molar-refractivity contribution in [2.24, 2.45) is 5.73 Å². The fourth-order valence-electron chi connectivity index (χ4n) is 2.14. The van der Waals surface area contributed by atoms with Crippen molar-refractivity contribution in [1.82, 2.24) is 5.32 Å². The average Bonchev–Trinajstić information content (AvgIpc) is 2.30. The first kappa shape index (κ1) is 10.2. The van der Waals surface area contributed by atoms with E-state index in [1.165, 1.54) is 12.8 Å². The Hall–Kier alpha value is -1.35. The third-order valence-corrected chi connectivity index (χ3v) is 2.91. The Balaban J connectivity index is 2.29. The second-order valence-corrected chi connectivity index (χ2v) is 3.95. The van der Waals surface area contributed by atoms with Crippen LogP contribution in [0, 0.1) is 0 Å². The molecule has 1 saturated heterocycles. The maximum Gasteiger partial charge on any atom is 0.249 e. The summed E-state index contributed by atoms with van der Waals surface area (Å²) in [6.07, 6.45) is 3.52. The van der Waals surface area contributed by atoms with Gasteiger partial charge in [0.05, 0.1) is 0 Å². The highest BCUT2D eigenvalue weighted by molar-refractivity contribution is 5.94. The summed E-state index contributed by atoms with van der Waals surface area (Å²) in [7, 11) is 0. The van der Waals surface area contributed by atoms with Crippen LogP contribution in [0.1, 0.15) is 41.2 Å². The van der Waals surface area contributed by atoms with Crippen LogP contribution in [0.2, 0.25) is 0 Å². The number of carbonyl (C=O) groups is 1. The normalized spacial score (nSPS) is 21.2. The van der Waals surface area contributed by atoms with Crippen LogP contribution in [0.15, 0.2) is 24.3 Å². The number of primary amides is 1. The van der Waals surface area contributed by atoms with Gasteiger partial charge in [0.1, 0.15) is 0 Å². The predicted molar refractivity (Wildman–Crippen MR) is 59.6 cm³/mol. The Labute approximate surface area is 89.7 Å². The summed E-state index contributed by atoms with van der Waals surface area (Å²) in [6, 6.07) is 7.89. The van der Waals surface area contributed by atoms with E-state index in [1.807, 2.05) is 18.2 Å².